The van der Waals surface area contributed by atoms with E-state index in [1.807, 2.05) is 49.4 Å². The number of nitrogens with two attached hydrogens (primary N) is 1. The van der Waals surface area contributed by atoms with Crippen LogP contribution in [0.5, 0.6) is 5.75 Å². The molecule has 26 heavy (non-hydrogen) atoms. The Kier molecular flexibility index (Phi) is 7.53. The molecule has 0 aliphatic heterocycles. The number of carbonyl (C=O) groups is 2. The average molecular weight is 437 g/mol. The molecule has 0 fully saturated rings. The Balaban J connectivity index is 2.01. The van der Waals surface area contributed by atoms with Crippen LogP contribution in [0, 0.1) is 6.92 Å². The minimum Gasteiger partial charge on any atom is -0.480 e. The van der Waals surface area contributed by atoms with E-state index in [0.29, 0.717) is 17.2 Å². The van der Waals surface area contributed by atoms with Crippen LogP contribution < -0.4 is 15.8 Å². The first-order valence-electron chi connectivity index (χ1n) is 8.10. The van der Waals surface area contributed by atoms with Gasteiger partial charge in [-0.3, -0.25) is 9.59 Å². The second-order valence-corrected chi connectivity index (χ2v) is 7.74. The fraction of sp³-hybridized carbons (Fsp3) is 0.263. The summed E-state index contributed by atoms with van der Waals surface area (Å²) in [4.78, 5) is 24.3. The monoisotopic (exact) mass is 436 g/mol. The van der Waals surface area contributed by atoms with E-state index in [9.17, 15) is 9.59 Å². The van der Waals surface area contributed by atoms with E-state index in [-0.39, 0.29) is 18.2 Å². The van der Waals surface area contributed by atoms with Gasteiger partial charge in [0.15, 0.2) is 6.10 Å². The number of carbonyl (C=O) groups excluding carboxylic acids is 2. The summed E-state index contributed by atoms with van der Waals surface area (Å²) in [5.41, 5.74) is 6.95. The van der Waals surface area contributed by atoms with Crippen molar-refractivity contribution in [2.45, 2.75) is 31.3 Å². The quantitative estimate of drug-likeness (QED) is 0.609. The number of aryl methyl sites for hydroxylation is 1. The number of primary amides is 1. The number of amides is 2. The lowest BCUT2D eigenvalue weighted by molar-refractivity contribution is -0.122. The molecule has 0 aliphatic carbocycles. The van der Waals surface area contributed by atoms with Gasteiger partial charge in [0, 0.05) is 17.1 Å². The zero-order valence-electron chi connectivity index (χ0n) is 14.6. The highest BCUT2D eigenvalue weighted by Crippen LogP contribution is 2.29. The molecule has 0 bridgehead atoms. The molecule has 1 unspecified atom stereocenters. The van der Waals surface area contributed by atoms with E-state index >= 15 is 0 Å². The summed E-state index contributed by atoms with van der Waals surface area (Å²) in [6.07, 6.45) is -0.383. The standard InChI is InChI=1S/C19H21BrN2O3S/c1-12-7-8-16(14(20)11-12)25-13(2)19(24)22-15-5-3-4-6-17(15)26-10-9-18(21)23/h3-8,11,13H,9-10H2,1-2H3,(H2,21,23)(H,22,24). The van der Waals surface area contributed by atoms with E-state index < -0.39 is 6.10 Å². The summed E-state index contributed by atoms with van der Waals surface area (Å²) < 4.78 is 6.56. The Morgan fingerprint density at radius 3 is 2.69 bits per heavy atom. The van der Waals surface area contributed by atoms with Crippen molar-refractivity contribution >= 4 is 45.2 Å². The molecule has 5 nitrogen and oxygen atoms in total. The lowest BCUT2D eigenvalue weighted by atomic mass is 10.2. The molecule has 2 aromatic rings. The molecule has 0 saturated heterocycles. The number of benzene rings is 2. The second-order valence-electron chi connectivity index (χ2n) is 5.74. The van der Waals surface area contributed by atoms with Crippen LogP contribution in [0.15, 0.2) is 51.8 Å². The molecule has 0 aromatic heterocycles. The van der Waals surface area contributed by atoms with Gasteiger partial charge in [-0.05, 0) is 59.6 Å². The van der Waals surface area contributed by atoms with Gasteiger partial charge in [-0.25, -0.2) is 0 Å². The van der Waals surface area contributed by atoms with Crippen LogP contribution in [0.2, 0.25) is 0 Å². The first kappa shape index (κ1) is 20.3. The van der Waals surface area contributed by atoms with Gasteiger partial charge in [0.05, 0.1) is 10.2 Å². The van der Waals surface area contributed by atoms with Gasteiger partial charge in [-0.1, -0.05) is 18.2 Å². The fourth-order valence-electron chi connectivity index (χ4n) is 2.14. The molecule has 2 rings (SSSR count). The maximum atomic E-state index is 12.5. The zero-order chi connectivity index (χ0) is 19.1. The maximum Gasteiger partial charge on any atom is 0.265 e. The summed E-state index contributed by atoms with van der Waals surface area (Å²) >= 11 is 4.92. The van der Waals surface area contributed by atoms with Gasteiger partial charge >= 0.3 is 0 Å². The van der Waals surface area contributed by atoms with Gasteiger partial charge in [0.1, 0.15) is 5.75 Å². The molecule has 2 aromatic carbocycles. The number of thioether (sulfide) groups is 1. The highest BCUT2D eigenvalue weighted by Gasteiger charge is 2.17. The molecule has 1 atom stereocenters. The topological polar surface area (TPSA) is 81.4 Å². The van der Waals surface area contributed by atoms with Crippen molar-refractivity contribution in [3.63, 3.8) is 0 Å². The highest BCUT2D eigenvalue weighted by atomic mass is 79.9. The third-order valence-electron chi connectivity index (χ3n) is 3.51. The van der Waals surface area contributed by atoms with Crippen LogP contribution in [-0.4, -0.2) is 23.7 Å². The molecule has 0 heterocycles. The molecule has 7 heteroatoms. The second kappa shape index (κ2) is 9.64. The predicted octanol–water partition coefficient (Wildman–Crippen LogP) is 4.13. The summed E-state index contributed by atoms with van der Waals surface area (Å²) in [7, 11) is 0. The SMILES string of the molecule is Cc1ccc(OC(C)C(=O)Nc2ccccc2SCCC(N)=O)c(Br)c1. The summed E-state index contributed by atoms with van der Waals surface area (Å²) in [6.45, 7) is 3.68. The van der Waals surface area contributed by atoms with Gasteiger partial charge in [0.2, 0.25) is 5.91 Å². The molecular formula is C19H21BrN2O3S. The number of hydrogen-bond donors (Lipinski definition) is 2. The number of anilines is 1. The van der Waals surface area contributed by atoms with Crippen molar-refractivity contribution in [2.75, 3.05) is 11.1 Å². The van der Waals surface area contributed by atoms with Crippen molar-refractivity contribution in [3.8, 4) is 5.75 Å². The predicted molar refractivity (Wildman–Crippen MR) is 109 cm³/mol. The Hall–Kier alpha value is -1.99. The molecular weight excluding hydrogens is 416 g/mol. The van der Waals surface area contributed by atoms with Crippen molar-refractivity contribution < 1.29 is 14.3 Å². The van der Waals surface area contributed by atoms with Crippen molar-refractivity contribution in [2.24, 2.45) is 5.73 Å². The van der Waals surface area contributed by atoms with Crippen molar-refractivity contribution in [3.05, 3.63) is 52.5 Å². The van der Waals surface area contributed by atoms with Crippen LogP contribution in [0.3, 0.4) is 0 Å². The molecule has 0 radical (unpaired) electrons. The van der Waals surface area contributed by atoms with E-state index in [1.165, 1.54) is 11.8 Å². The number of hydrogen-bond acceptors (Lipinski definition) is 4. The Morgan fingerprint density at radius 1 is 1.27 bits per heavy atom. The minimum absolute atomic E-state index is 0.250. The largest absolute Gasteiger partial charge is 0.480 e. The van der Waals surface area contributed by atoms with Crippen LogP contribution in [0.1, 0.15) is 18.9 Å². The van der Waals surface area contributed by atoms with Crippen LogP contribution in [0.4, 0.5) is 5.69 Å². The first-order valence-corrected chi connectivity index (χ1v) is 9.88. The Bertz CT molecular complexity index is 798. The van der Waals surface area contributed by atoms with Crippen LogP contribution in [-0.2, 0) is 9.59 Å². The lowest BCUT2D eigenvalue weighted by Crippen LogP contribution is -2.30. The number of nitrogens with one attached hydrogen (secondary N) is 1. The molecule has 0 spiro atoms. The van der Waals surface area contributed by atoms with Gasteiger partial charge in [-0.15, -0.1) is 11.8 Å². The third kappa shape index (κ3) is 6.07. The average Bonchev–Trinajstić information content (AvgIpc) is 2.58. The highest BCUT2D eigenvalue weighted by molar-refractivity contribution is 9.10. The van der Waals surface area contributed by atoms with Crippen molar-refractivity contribution in [1.82, 2.24) is 0 Å². The molecule has 138 valence electrons. The van der Waals surface area contributed by atoms with E-state index in [4.69, 9.17) is 10.5 Å². The fourth-order valence-corrected chi connectivity index (χ4v) is 3.70. The molecule has 3 N–H and O–H groups in total. The summed E-state index contributed by atoms with van der Waals surface area (Å²) in [5, 5.41) is 2.88. The van der Waals surface area contributed by atoms with E-state index in [1.54, 1.807) is 6.92 Å². The molecule has 2 amide bonds. The van der Waals surface area contributed by atoms with Crippen molar-refractivity contribution in [1.29, 1.82) is 0 Å². The maximum absolute atomic E-state index is 12.5. The molecule has 0 saturated carbocycles. The lowest BCUT2D eigenvalue weighted by Gasteiger charge is -2.17. The summed E-state index contributed by atoms with van der Waals surface area (Å²) in [6, 6.07) is 13.1. The first-order chi connectivity index (χ1) is 12.4. The number of para-hydroxylation sites is 1. The van der Waals surface area contributed by atoms with E-state index in [2.05, 4.69) is 21.2 Å². The zero-order valence-corrected chi connectivity index (χ0v) is 17.0. The van der Waals surface area contributed by atoms with E-state index in [0.717, 1.165) is 14.9 Å². The third-order valence-corrected chi connectivity index (χ3v) is 5.21. The molecule has 0 aliphatic rings. The van der Waals surface area contributed by atoms with Gasteiger partial charge < -0.3 is 15.8 Å². The van der Waals surface area contributed by atoms with Crippen LogP contribution in [0.25, 0.3) is 0 Å². The Morgan fingerprint density at radius 2 is 2.00 bits per heavy atom. The van der Waals surface area contributed by atoms with Gasteiger partial charge in [-0.2, -0.15) is 0 Å². The normalized spacial score (nSPS) is 11.7. The smallest absolute Gasteiger partial charge is 0.265 e. The minimum atomic E-state index is -0.669. The van der Waals surface area contributed by atoms with Gasteiger partial charge in [0.25, 0.3) is 5.91 Å². The number of ether oxygens (including phenoxy) is 1. The van der Waals surface area contributed by atoms with Crippen LogP contribution >= 0.6 is 27.7 Å². The Labute approximate surface area is 165 Å². The number of rotatable bonds is 8. The summed E-state index contributed by atoms with van der Waals surface area (Å²) in [5.74, 6) is 0.581. The number of halogens is 1.